The van der Waals surface area contributed by atoms with Crippen LogP contribution in [-0.2, 0) is 31.3 Å². The van der Waals surface area contributed by atoms with Gasteiger partial charge < -0.3 is 19.1 Å². The second kappa shape index (κ2) is 11.0. The second-order valence-electron chi connectivity index (χ2n) is 13.0. The molecule has 5 aliphatic rings. The molecule has 7 rings (SSSR count). The number of ether oxygens (including phenoxy) is 3. The van der Waals surface area contributed by atoms with E-state index in [-0.39, 0.29) is 35.9 Å². The van der Waals surface area contributed by atoms with Crippen LogP contribution in [0, 0.1) is 17.8 Å². The van der Waals surface area contributed by atoms with Gasteiger partial charge in [-0.05, 0) is 85.4 Å². The van der Waals surface area contributed by atoms with Crippen molar-refractivity contribution >= 4 is 33.2 Å². The zero-order chi connectivity index (χ0) is 29.1. The third-order valence-electron chi connectivity index (χ3n) is 10.3. The van der Waals surface area contributed by atoms with Crippen LogP contribution in [-0.4, -0.2) is 65.2 Å². The van der Waals surface area contributed by atoms with Crippen molar-refractivity contribution in [3.8, 4) is 5.75 Å². The molecule has 1 saturated heterocycles. The first-order valence-electron chi connectivity index (χ1n) is 15.3. The number of halogens is 1. The van der Waals surface area contributed by atoms with Crippen LogP contribution in [0.2, 0.25) is 5.02 Å². The molecule has 226 valence electrons. The van der Waals surface area contributed by atoms with E-state index in [0.717, 1.165) is 68.1 Å². The molecule has 0 radical (unpaired) electrons. The molecule has 5 unspecified atom stereocenters. The molecule has 2 aliphatic carbocycles. The molecular formula is C32H39ClN2O6S. The van der Waals surface area contributed by atoms with Gasteiger partial charge >= 0.3 is 0 Å². The highest BCUT2D eigenvalue weighted by atomic mass is 35.5. The highest BCUT2D eigenvalue weighted by molar-refractivity contribution is 7.90. The Morgan fingerprint density at radius 1 is 1.10 bits per heavy atom. The molecule has 1 N–H and O–H groups in total. The highest BCUT2D eigenvalue weighted by Crippen LogP contribution is 2.47. The predicted molar refractivity (Wildman–Crippen MR) is 161 cm³/mol. The van der Waals surface area contributed by atoms with Crippen molar-refractivity contribution in [2.24, 2.45) is 17.8 Å². The Balaban J connectivity index is 1.28. The van der Waals surface area contributed by atoms with E-state index in [4.69, 9.17) is 25.8 Å². The number of hydrogen-bond donors (Lipinski definition) is 1. The Morgan fingerprint density at radius 2 is 1.98 bits per heavy atom. The quantitative estimate of drug-likeness (QED) is 0.459. The molecule has 3 aliphatic heterocycles. The third-order valence-corrected chi connectivity index (χ3v) is 11.7. The van der Waals surface area contributed by atoms with Crippen LogP contribution < -0.4 is 14.4 Å². The average molecular weight is 615 g/mol. The topological polar surface area (TPSA) is 94.2 Å². The first-order chi connectivity index (χ1) is 20.2. The summed E-state index contributed by atoms with van der Waals surface area (Å²) in [7, 11) is -3.87. The molecule has 1 saturated carbocycles. The van der Waals surface area contributed by atoms with Gasteiger partial charge in [0.25, 0.3) is 5.91 Å². The summed E-state index contributed by atoms with van der Waals surface area (Å²) in [5, 5.41) is 0.751. The number of rotatable bonds is 0. The summed E-state index contributed by atoms with van der Waals surface area (Å²) < 4.78 is 47.0. The lowest BCUT2D eigenvalue weighted by Crippen LogP contribution is -2.51. The normalized spacial score (nSPS) is 34.2. The van der Waals surface area contributed by atoms with Gasteiger partial charge in [-0.3, -0.25) is 4.79 Å². The van der Waals surface area contributed by atoms with E-state index >= 15 is 0 Å². The van der Waals surface area contributed by atoms with Gasteiger partial charge in [-0.15, -0.1) is 0 Å². The number of anilines is 1. The second-order valence-corrected chi connectivity index (χ2v) is 15.3. The van der Waals surface area contributed by atoms with Crippen LogP contribution in [0.3, 0.4) is 0 Å². The number of nitrogens with one attached hydrogen (secondary N) is 1. The number of nitrogens with zero attached hydrogens (tertiary/aromatic N) is 1. The molecule has 1 amide bonds. The van der Waals surface area contributed by atoms with Crippen molar-refractivity contribution in [1.29, 1.82) is 0 Å². The maximum Gasteiger partial charge on any atom is 0.264 e. The van der Waals surface area contributed by atoms with Crippen molar-refractivity contribution in [2.75, 3.05) is 43.6 Å². The van der Waals surface area contributed by atoms with E-state index in [0.29, 0.717) is 30.6 Å². The maximum absolute atomic E-state index is 13.2. The molecule has 10 heteroatoms. The zero-order valence-corrected chi connectivity index (χ0v) is 25.6. The van der Waals surface area contributed by atoms with E-state index in [1.165, 1.54) is 11.1 Å². The molecule has 2 aromatic rings. The molecule has 3 heterocycles. The van der Waals surface area contributed by atoms with Crippen LogP contribution in [0.5, 0.6) is 5.75 Å². The van der Waals surface area contributed by atoms with Crippen molar-refractivity contribution in [3.63, 3.8) is 0 Å². The number of aryl methyl sites for hydroxylation is 1. The van der Waals surface area contributed by atoms with Crippen molar-refractivity contribution in [1.82, 2.24) is 4.72 Å². The molecule has 1 spiro atoms. The Kier molecular flexibility index (Phi) is 7.44. The molecule has 2 aromatic carbocycles. The van der Waals surface area contributed by atoms with E-state index in [1.807, 2.05) is 12.1 Å². The lowest BCUT2D eigenvalue weighted by molar-refractivity contribution is -0.139. The molecular weight excluding hydrogens is 576 g/mol. The minimum Gasteiger partial charge on any atom is -0.490 e. The monoisotopic (exact) mass is 614 g/mol. The first-order valence-corrected chi connectivity index (χ1v) is 17.3. The van der Waals surface area contributed by atoms with Gasteiger partial charge in [0, 0.05) is 41.4 Å². The minimum absolute atomic E-state index is 0.0407. The predicted octanol–water partition coefficient (Wildman–Crippen LogP) is 4.72. The summed E-state index contributed by atoms with van der Waals surface area (Å²) in [6.07, 6.45) is 6.05. The Morgan fingerprint density at radius 3 is 2.81 bits per heavy atom. The SMILES string of the molecule is CC1COC2CC1OCCS(=O)(=O)NC(=O)c1ccc3c(c1)N(C[C@H]1CCC21)CC1(CCCc2cc(Cl)ccc21)CO3. The fourth-order valence-electron chi connectivity index (χ4n) is 7.85. The van der Waals surface area contributed by atoms with Gasteiger partial charge in [0.15, 0.2) is 0 Å². The van der Waals surface area contributed by atoms with Crippen LogP contribution in [0.1, 0.15) is 60.5 Å². The summed E-state index contributed by atoms with van der Waals surface area (Å²) in [6, 6.07) is 11.5. The van der Waals surface area contributed by atoms with Crippen molar-refractivity contribution in [3.05, 3.63) is 58.1 Å². The van der Waals surface area contributed by atoms with E-state index < -0.39 is 15.9 Å². The van der Waals surface area contributed by atoms with Gasteiger partial charge in [-0.2, -0.15) is 0 Å². The summed E-state index contributed by atoms with van der Waals surface area (Å²) in [4.78, 5) is 15.6. The summed E-state index contributed by atoms with van der Waals surface area (Å²) in [5.74, 6) is 0.841. The molecule has 4 bridgehead atoms. The van der Waals surface area contributed by atoms with Gasteiger partial charge in [-0.1, -0.05) is 24.6 Å². The number of benzene rings is 2. The van der Waals surface area contributed by atoms with Crippen LogP contribution in [0.25, 0.3) is 0 Å². The average Bonchev–Trinajstić information content (AvgIpc) is 3.09. The molecule has 2 fully saturated rings. The van der Waals surface area contributed by atoms with Gasteiger partial charge in [0.05, 0.1) is 43.5 Å². The number of amides is 1. The van der Waals surface area contributed by atoms with E-state index in [1.54, 1.807) is 12.1 Å². The van der Waals surface area contributed by atoms with E-state index in [9.17, 15) is 13.2 Å². The largest absolute Gasteiger partial charge is 0.490 e. The highest BCUT2D eigenvalue weighted by Gasteiger charge is 2.46. The van der Waals surface area contributed by atoms with Gasteiger partial charge in [-0.25, -0.2) is 13.1 Å². The van der Waals surface area contributed by atoms with Gasteiger partial charge in [0.2, 0.25) is 10.0 Å². The van der Waals surface area contributed by atoms with Crippen LogP contribution in [0.15, 0.2) is 36.4 Å². The Labute approximate surface area is 253 Å². The van der Waals surface area contributed by atoms with E-state index in [2.05, 4.69) is 28.7 Å². The zero-order valence-electron chi connectivity index (χ0n) is 24.0. The van der Waals surface area contributed by atoms with Crippen LogP contribution in [0.4, 0.5) is 5.69 Å². The number of sulfonamides is 1. The molecule has 42 heavy (non-hydrogen) atoms. The third kappa shape index (κ3) is 5.31. The molecule has 8 nitrogen and oxygen atoms in total. The fraction of sp³-hybridized carbons (Fsp3) is 0.594. The summed E-state index contributed by atoms with van der Waals surface area (Å²) in [5.41, 5.74) is 3.48. The van der Waals surface area contributed by atoms with Crippen molar-refractivity contribution in [2.45, 2.75) is 63.1 Å². The van der Waals surface area contributed by atoms with Crippen molar-refractivity contribution < 1.29 is 27.4 Å². The summed E-state index contributed by atoms with van der Waals surface area (Å²) in [6.45, 7) is 4.83. The molecule has 6 atom stereocenters. The number of hydrogen-bond acceptors (Lipinski definition) is 7. The number of fused-ring (bicyclic) bond motifs is 7. The first kappa shape index (κ1) is 28.4. The Hall–Kier alpha value is -2.33. The number of carbonyl (C=O) groups excluding carboxylic acids is 1. The minimum atomic E-state index is -3.87. The fourth-order valence-corrected chi connectivity index (χ4v) is 8.87. The number of carbonyl (C=O) groups is 1. The Bertz CT molecular complexity index is 1480. The smallest absolute Gasteiger partial charge is 0.264 e. The lowest BCUT2D eigenvalue weighted by Gasteiger charge is -2.48. The van der Waals surface area contributed by atoms with Gasteiger partial charge in [0.1, 0.15) is 5.75 Å². The summed E-state index contributed by atoms with van der Waals surface area (Å²) >= 11 is 6.41. The standard InChI is InChI=1S/C32H39ClN2O6S/c1-20-17-40-30-15-29(20)39-11-12-42(37,38)34-31(36)22-5-9-28-27(14-22)35(16-23-4-7-25(23)30)18-32(19-41-28)10-2-3-21-13-24(33)6-8-26(21)32/h5-6,8-9,13-14,20,23,25,29-30H,2-4,7,10-12,15-19H2,1H3,(H,34,36)/t20?,23-,25?,29?,30?,32?/m1/s1. The van der Waals surface area contributed by atoms with Crippen LogP contribution >= 0.6 is 11.6 Å². The lowest BCUT2D eigenvalue weighted by atomic mass is 9.67. The maximum atomic E-state index is 13.2. The molecule has 0 aromatic heterocycles.